The Morgan fingerprint density at radius 1 is 1.50 bits per heavy atom. The van der Waals surface area contributed by atoms with Crippen LogP contribution in [0, 0.1) is 0 Å². The first-order valence-corrected chi connectivity index (χ1v) is 6.44. The highest BCUT2D eigenvalue weighted by atomic mass is 16.5. The zero-order chi connectivity index (χ0) is 13.9. The fourth-order valence-electron chi connectivity index (χ4n) is 2.34. The van der Waals surface area contributed by atoms with Gasteiger partial charge in [-0.2, -0.15) is 5.10 Å². The molecule has 1 unspecified atom stereocenters. The van der Waals surface area contributed by atoms with Crippen molar-refractivity contribution in [2.75, 3.05) is 7.11 Å². The Morgan fingerprint density at radius 3 is 3.25 bits per heavy atom. The molecule has 1 N–H and O–H groups in total. The molecule has 0 saturated carbocycles. The van der Waals surface area contributed by atoms with Gasteiger partial charge in [-0.05, 0) is 18.6 Å². The lowest BCUT2D eigenvalue weighted by atomic mass is 10.1. The minimum atomic E-state index is -0.177. The number of aromatic nitrogens is 4. The Kier molecular flexibility index (Phi) is 3.32. The van der Waals surface area contributed by atoms with E-state index < -0.39 is 0 Å². The molecular formula is C13H15N5O2. The number of pyridine rings is 1. The predicted octanol–water partition coefficient (Wildman–Crippen LogP) is 0.426. The summed E-state index contributed by atoms with van der Waals surface area (Å²) in [6, 6.07) is 3.46. The van der Waals surface area contributed by atoms with E-state index in [0.29, 0.717) is 18.0 Å². The van der Waals surface area contributed by atoms with E-state index in [0.717, 1.165) is 18.7 Å². The van der Waals surface area contributed by atoms with Gasteiger partial charge < -0.3 is 10.1 Å². The van der Waals surface area contributed by atoms with E-state index in [1.807, 2.05) is 4.68 Å². The van der Waals surface area contributed by atoms with Gasteiger partial charge in [0, 0.05) is 18.7 Å². The zero-order valence-electron chi connectivity index (χ0n) is 11.1. The lowest BCUT2D eigenvalue weighted by Gasteiger charge is -2.23. The predicted molar refractivity (Wildman–Crippen MR) is 70.4 cm³/mol. The minimum Gasteiger partial charge on any atom is -0.480 e. The van der Waals surface area contributed by atoms with Crippen LogP contribution < -0.4 is 10.1 Å². The maximum absolute atomic E-state index is 12.3. The van der Waals surface area contributed by atoms with E-state index in [9.17, 15) is 4.79 Å². The monoisotopic (exact) mass is 273 g/mol. The average molecular weight is 273 g/mol. The highest BCUT2D eigenvalue weighted by Gasteiger charge is 2.23. The first-order chi connectivity index (χ1) is 9.78. The SMILES string of the molecule is COc1ncccc1C(=O)NC1CCc2ncnn2C1. The number of rotatable bonds is 3. The van der Waals surface area contributed by atoms with Gasteiger partial charge in [-0.3, -0.25) is 4.79 Å². The molecule has 2 aromatic rings. The van der Waals surface area contributed by atoms with Crippen molar-refractivity contribution in [3.63, 3.8) is 0 Å². The molecule has 1 aliphatic heterocycles. The number of nitrogens with one attached hydrogen (secondary N) is 1. The molecule has 3 rings (SSSR count). The molecule has 1 amide bonds. The number of fused-ring (bicyclic) bond motifs is 1. The second kappa shape index (κ2) is 5.28. The van der Waals surface area contributed by atoms with Crippen LogP contribution in [0.1, 0.15) is 22.6 Å². The highest BCUT2D eigenvalue weighted by Crippen LogP contribution is 2.16. The third-order valence-electron chi connectivity index (χ3n) is 3.35. The first kappa shape index (κ1) is 12.6. The molecule has 0 fully saturated rings. The largest absolute Gasteiger partial charge is 0.480 e. The summed E-state index contributed by atoms with van der Waals surface area (Å²) in [7, 11) is 1.50. The van der Waals surface area contributed by atoms with Gasteiger partial charge >= 0.3 is 0 Å². The van der Waals surface area contributed by atoms with E-state index in [2.05, 4.69) is 20.4 Å². The number of amides is 1. The Balaban J connectivity index is 1.71. The van der Waals surface area contributed by atoms with Crippen molar-refractivity contribution in [2.24, 2.45) is 0 Å². The molecule has 0 aromatic carbocycles. The second-order valence-electron chi connectivity index (χ2n) is 4.63. The maximum atomic E-state index is 12.3. The number of carbonyl (C=O) groups excluding carboxylic acids is 1. The van der Waals surface area contributed by atoms with Crippen LogP contribution in [-0.4, -0.2) is 38.8 Å². The van der Waals surface area contributed by atoms with Gasteiger partial charge in [0.2, 0.25) is 5.88 Å². The molecule has 1 aliphatic rings. The van der Waals surface area contributed by atoms with Crippen LogP contribution in [0.25, 0.3) is 0 Å². The normalized spacial score (nSPS) is 17.4. The second-order valence-corrected chi connectivity index (χ2v) is 4.63. The van der Waals surface area contributed by atoms with E-state index in [-0.39, 0.29) is 11.9 Å². The summed E-state index contributed by atoms with van der Waals surface area (Å²) in [5.41, 5.74) is 0.444. The Hall–Kier alpha value is -2.44. The summed E-state index contributed by atoms with van der Waals surface area (Å²) in [6.45, 7) is 0.643. The summed E-state index contributed by atoms with van der Waals surface area (Å²) >= 11 is 0. The van der Waals surface area contributed by atoms with Crippen LogP contribution in [0.3, 0.4) is 0 Å². The van der Waals surface area contributed by atoms with E-state index >= 15 is 0 Å². The molecule has 7 heteroatoms. The van der Waals surface area contributed by atoms with Gasteiger partial charge in [0.05, 0.1) is 13.7 Å². The van der Waals surface area contributed by atoms with Crippen molar-refractivity contribution < 1.29 is 9.53 Å². The zero-order valence-corrected chi connectivity index (χ0v) is 11.1. The van der Waals surface area contributed by atoms with Gasteiger partial charge in [-0.15, -0.1) is 0 Å². The average Bonchev–Trinajstić information content (AvgIpc) is 2.94. The number of hydrogen-bond donors (Lipinski definition) is 1. The lowest BCUT2D eigenvalue weighted by molar-refractivity contribution is 0.0922. The molecule has 0 radical (unpaired) electrons. The van der Waals surface area contributed by atoms with Crippen LogP contribution in [0.2, 0.25) is 0 Å². The lowest BCUT2D eigenvalue weighted by Crippen LogP contribution is -2.41. The molecule has 2 aromatic heterocycles. The molecule has 0 aliphatic carbocycles. The smallest absolute Gasteiger partial charge is 0.257 e. The van der Waals surface area contributed by atoms with E-state index in [4.69, 9.17) is 4.74 Å². The molecular weight excluding hydrogens is 258 g/mol. The van der Waals surface area contributed by atoms with Crippen LogP contribution in [0.4, 0.5) is 0 Å². The third-order valence-corrected chi connectivity index (χ3v) is 3.35. The molecule has 0 bridgehead atoms. The van der Waals surface area contributed by atoms with Crippen molar-refractivity contribution in [1.29, 1.82) is 0 Å². The van der Waals surface area contributed by atoms with E-state index in [1.165, 1.54) is 7.11 Å². The van der Waals surface area contributed by atoms with Crippen LogP contribution in [0.5, 0.6) is 5.88 Å². The highest BCUT2D eigenvalue weighted by molar-refractivity contribution is 5.96. The van der Waals surface area contributed by atoms with Gasteiger partial charge in [0.1, 0.15) is 17.7 Å². The molecule has 20 heavy (non-hydrogen) atoms. The number of carbonyl (C=O) groups is 1. The molecule has 104 valence electrons. The quantitative estimate of drug-likeness (QED) is 0.876. The summed E-state index contributed by atoms with van der Waals surface area (Å²) in [5, 5.41) is 7.13. The fraction of sp³-hybridized carbons (Fsp3) is 0.385. The number of methoxy groups -OCH3 is 1. The number of aryl methyl sites for hydroxylation is 1. The van der Waals surface area contributed by atoms with Gasteiger partial charge in [0.25, 0.3) is 5.91 Å². The van der Waals surface area contributed by atoms with Crippen LogP contribution >= 0.6 is 0 Å². The summed E-state index contributed by atoms with van der Waals surface area (Å²) < 4.78 is 6.93. The maximum Gasteiger partial charge on any atom is 0.257 e. The van der Waals surface area contributed by atoms with Crippen LogP contribution in [-0.2, 0) is 13.0 Å². The minimum absolute atomic E-state index is 0.0432. The number of nitrogens with zero attached hydrogens (tertiary/aromatic N) is 4. The Labute approximate surface area is 116 Å². The standard InChI is InChI=1S/C13H15N5O2/c1-20-13-10(3-2-6-14-13)12(19)17-9-4-5-11-15-8-16-18(11)7-9/h2-3,6,8-9H,4-5,7H2,1H3,(H,17,19). The van der Waals surface area contributed by atoms with Crippen molar-refractivity contribution in [2.45, 2.75) is 25.4 Å². The van der Waals surface area contributed by atoms with E-state index in [1.54, 1.807) is 24.7 Å². The van der Waals surface area contributed by atoms with Crippen molar-refractivity contribution in [3.8, 4) is 5.88 Å². The molecule has 3 heterocycles. The van der Waals surface area contributed by atoms with Crippen molar-refractivity contribution >= 4 is 5.91 Å². The van der Waals surface area contributed by atoms with Gasteiger partial charge in [0.15, 0.2) is 0 Å². The topological polar surface area (TPSA) is 81.9 Å². The molecule has 7 nitrogen and oxygen atoms in total. The van der Waals surface area contributed by atoms with Crippen molar-refractivity contribution in [1.82, 2.24) is 25.1 Å². The molecule has 0 spiro atoms. The molecule has 1 atom stereocenters. The van der Waals surface area contributed by atoms with Gasteiger partial charge in [-0.25, -0.2) is 14.6 Å². The summed E-state index contributed by atoms with van der Waals surface area (Å²) in [4.78, 5) is 20.5. The van der Waals surface area contributed by atoms with Crippen molar-refractivity contribution in [3.05, 3.63) is 36.0 Å². The number of ether oxygens (including phenoxy) is 1. The third kappa shape index (κ3) is 2.34. The fourth-order valence-corrected chi connectivity index (χ4v) is 2.34. The van der Waals surface area contributed by atoms with Gasteiger partial charge in [-0.1, -0.05) is 0 Å². The Bertz CT molecular complexity index is 625. The summed E-state index contributed by atoms with van der Waals surface area (Å²) in [6.07, 6.45) is 4.81. The first-order valence-electron chi connectivity index (χ1n) is 6.44. The summed E-state index contributed by atoms with van der Waals surface area (Å²) in [5.74, 6) is 1.13. The Morgan fingerprint density at radius 2 is 2.40 bits per heavy atom. The van der Waals surface area contributed by atoms with Crippen LogP contribution in [0.15, 0.2) is 24.7 Å². The molecule has 0 saturated heterocycles. The number of hydrogen-bond acceptors (Lipinski definition) is 5.